The number of carboxylic acids is 1. The van der Waals surface area contributed by atoms with Crippen molar-refractivity contribution >= 4 is 12.0 Å². The van der Waals surface area contributed by atoms with E-state index < -0.39 is 11.5 Å². The van der Waals surface area contributed by atoms with Gasteiger partial charge in [-0.3, -0.25) is 0 Å². The largest absolute Gasteiger partial charge is 0.480 e. The normalized spacial score (nSPS) is 28.6. The number of carboxylic acid groups (broad SMARTS) is 1. The van der Waals surface area contributed by atoms with E-state index in [1.807, 2.05) is 0 Å². The zero-order valence-electron chi connectivity index (χ0n) is 12.6. The van der Waals surface area contributed by atoms with Crippen LogP contribution in [-0.2, 0) is 4.79 Å². The van der Waals surface area contributed by atoms with Crippen LogP contribution in [0.15, 0.2) is 0 Å². The molecule has 1 saturated carbocycles. The number of amides is 2. The number of piperidine rings is 1. The first kappa shape index (κ1) is 15.1. The fraction of sp³-hybridized carbons (Fsp3) is 0.867. The highest BCUT2D eigenvalue weighted by molar-refractivity contribution is 5.86. The molecule has 2 amide bonds. The highest BCUT2D eigenvalue weighted by Crippen LogP contribution is 2.43. The van der Waals surface area contributed by atoms with Gasteiger partial charge in [-0.15, -0.1) is 0 Å². The maximum absolute atomic E-state index is 12.4. The van der Waals surface area contributed by atoms with Crippen molar-refractivity contribution in [2.24, 2.45) is 5.41 Å². The number of urea groups is 1. The Hall–Kier alpha value is -1.26. The minimum atomic E-state index is -1.05. The number of hydrogen-bond donors (Lipinski definition) is 2. The molecule has 5 heteroatoms. The molecule has 1 saturated heterocycles. The Morgan fingerprint density at radius 3 is 2.40 bits per heavy atom. The summed E-state index contributed by atoms with van der Waals surface area (Å²) in [4.78, 5) is 25.4. The lowest BCUT2D eigenvalue weighted by atomic mass is 9.67. The molecule has 20 heavy (non-hydrogen) atoms. The zero-order valence-corrected chi connectivity index (χ0v) is 12.6. The topological polar surface area (TPSA) is 69.6 Å². The molecule has 1 unspecified atom stereocenters. The van der Waals surface area contributed by atoms with E-state index in [2.05, 4.69) is 12.2 Å². The fourth-order valence-electron chi connectivity index (χ4n) is 3.36. The van der Waals surface area contributed by atoms with Gasteiger partial charge in [0.15, 0.2) is 0 Å². The standard InChI is InChI=1S/C15H26N2O3/c1-3-15(8-6-9-15)11-16-13(20)17-10-5-4-7-14(17,2)12(18)19/h3-11H2,1-2H3,(H,16,20)(H,18,19). The van der Waals surface area contributed by atoms with Gasteiger partial charge in [0.05, 0.1) is 0 Å². The highest BCUT2D eigenvalue weighted by Gasteiger charge is 2.44. The summed E-state index contributed by atoms with van der Waals surface area (Å²) in [7, 11) is 0. The number of hydrogen-bond acceptors (Lipinski definition) is 2. The molecule has 0 aromatic carbocycles. The summed E-state index contributed by atoms with van der Waals surface area (Å²) in [6.07, 6.45) is 6.93. The molecule has 1 aliphatic carbocycles. The predicted molar refractivity (Wildman–Crippen MR) is 76.6 cm³/mol. The Labute approximate surface area is 120 Å². The highest BCUT2D eigenvalue weighted by atomic mass is 16.4. The number of carbonyl (C=O) groups excluding carboxylic acids is 1. The predicted octanol–water partition coefficient (Wildman–Crippen LogP) is 2.61. The molecule has 1 heterocycles. The van der Waals surface area contributed by atoms with Gasteiger partial charge in [0, 0.05) is 13.1 Å². The Morgan fingerprint density at radius 2 is 1.90 bits per heavy atom. The Kier molecular flexibility index (Phi) is 4.25. The van der Waals surface area contributed by atoms with Crippen LogP contribution in [-0.4, -0.2) is 40.6 Å². The van der Waals surface area contributed by atoms with Gasteiger partial charge in [0.1, 0.15) is 5.54 Å². The molecule has 1 aliphatic heterocycles. The second-order valence-electron chi connectivity index (χ2n) is 6.55. The number of likely N-dealkylation sites (tertiary alicyclic amines) is 1. The van der Waals surface area contributed by atoms with Crippen molar-refractivity contribution < 1.29 is 14.7 Å². The molecule has 2 fully saturated rings. The molecule has 0 radical (unpaired) electrons. The van der Waals surface area contributed by atoms with Crippen molar-refractivity contribution in [2.45, 2.75) is 64.3 Å². The van der Waals surface area contributed by atoms with Crippen LogP contribution < -0.4 is 5.32 Å². The van der Waals surface area contributed by atoms with Crippen LogP contribution in [0.1, 0.15) is 58.8 Å². The van der Waals surface area contributed by atoms with E-state index in [-0.39, 0.29) is 11.4 Å². The minimum absolute atomic E-state index is 0.214. The van der Waals surface area contributed by atoms with Crippen LogP contribution in [0.3, 0.4) is 0 Å². The molecule has 0 aromatic rings. The van der Waals surface area contributed by atoms with Crippen LogP contribution in [0.4, 0.5) is 4.79 Å². The smallest absolute Gasteiger partial charge is 0.329 e. The van der Waals surface area contributed by atoms with Crippen molar-refractivity contribution in [3.63, 3.8) is 0 Å². The molecule has 0 spiro atoms. The molecule has 0 aromatic heterocycles. The van der Waals surface area contributed by atoms with Crippen LogP contribution in [0.5, 0.6) is 0 Å². The van der Waals surface area contributed by atoms with E-state index in [1.165, 1.54) is 24.2 Å². The van der Waals surface area contributed by atoms with Gasteiger partial charge in [-0.2, -0.15) is 0 Å². The minimum Gasteiger partial charge on any atom is -0.480 e. The third kappa shape index (κ3) is 2.63. The Balaban J connectivity index is 1.98. The molecule has 1 atom stereocenters. The third-order valence-electron chi connectivity index (χ3n) is 5.38. The maximum Gasteiger partial charge on any atom is 0.329 e. The van der Waals surface area contributed by atoms with Gasteiger partial charge in [0.2, 0.25) is 0 Å². The number of nitrogens with zero attached hydrogens (tertiary/aromatic N) is 1. The zero-order chi connectivity index (χ0) is 14.8. The first-order valence-electron chi connectivity index (χ1n) is 7.72. The third-order valence-corrected chi connectivity index (χ3v) is 5.38. The number of aliphatic carboxylic acids is 1. The van der Waals surface area contributed by atoms with E-state index in [4.69, 9.17) is 0 Å². The molecule has 5 nitrogen and oxygen atoms in total. The van der Waals surface area contributed by atoms with Crippen molar-refractivity contribution in [1.82, 2.24) is 10.2 Å². The first-order valence-corrected chi connectivity index (χ1v) is 7.72. The number of rotatable bonds is 4. The summed E-state index contributed by atoms with van der Waals surface area (Å²) in [6.45, 7) is 5.03. The van der Waals surface area contributed by atoms with E-state index in [0.717, 1.165) is 19.3 Å². The van der Waals surface area contributed by atoms with Gasteiger partial charge < -0.3 is 15.3 Å². The second-order valence-corrected chi connectivity index (χ2v) is 6.55. The average molecular weight is 282 g/mol. The van der Waals surface area contributed by atoms with E-state index in [0.29, 0.717) is 19.5 Å². The SMILES string of the molecule is CCC1(CNC(=O)N2CCCCC2(C)C(=O)O)CCC1. The lowest BCUT2D eigenvalue weighted by Gasteiger charge is -2.44. The summed E-state index contributed by atoms with van der Waals surface area (Å²) in [6, 6.07) is -0.214. The molecule has 0 bridgehead atoms. The number of nitrogens with one attached hydrogen (secondary N) is 1. The summed E-state index contributed by atoms with van der Waals surface area (Å²) in [5.41, 5.74) is -0.799. The summed E-state index contributed by atoms with van der Waals surface area (Å²) in [5, 5.41) is 12.4. The van der Waals surface area contributed by atoms with Crippen molar-refractivity contribution in [1.29, 1.82) is 0 Å². The van der Waals surface area contributed by atoms with Crippen LogP contribution in [0.2, 0.25) is 0 Å². The lowest BCUT2D eigenvalue weighted by molar-refractivity contribution is -0.150. The van der Waals surface area contributed by atoms with Crippen LogP contribution in [0, 0.1) is 5.41 Å². The van der Waals surface area contributed by atoms with Crippen molar-refractivity contribution in [2.75, 3.05) is 13.1 Å². The summed E-state index contributed by atoms with van der Waals surface area (Å²) >= 11 is 0. The maximum atomic E-state index is 12.4. The molecule has 2 N–H and O–H groups in total. The van der Waals surface area contributed by atoms with Crippen molar-refractivity contribution in [3.8, 4) is 0 Å². The Bertz CT molecular complexity index is 387. The monoisotopic (exact) mass is 282 g/mol. The van der Waals surface area contributed by atoms with Gasteiger partial charge in [-0.05, 0) is 50.9 Å². The van der Waals surface area contributed by atoms with E-state index >= 15 is 0 Å². The van der Waals surface area contributed by atoms with Gasteiger partial charge in [-0.25, -0.2) is 9.59 Å². The first-order chi connectivity index (χ1) is 9.43. The van der Waals surface area contributed by atoms with Gasteiger partial charge in [-0.1, -0.05) is 13.3 Å². The summed E-state index contributed by atoms with van der Waals surface area (Å²) < 4.78 is 0. The average Bonchev–Trinajstić information content (AvgIpc) is 2.38. The van der Waals surface area contributed by atoms with Gasteiger partial charge >= 0.3 is 12.0 Å². The van der Waals surface area contributed by atoms with E-state index in [9.17, 15) is 14.7 Å². The molecule has 2 rings (SSSR count). The van der Waals surface area contributed by atoms with E-state index in [1.54, 1.807) is 6.92 Å². The molecular weight excluding hydrogens is 256 g/mol. The second kappa shape index (κ2) is 5.62. The fourth-order valence-corrected chi connectivity index (χ4v) is 3.36. The number of carbonyl (C=O) groups is 2. The molecule has 2 aliphatic rings. The van der Waals surface area contributed by atoms with Crippen molar-refractivity contribution in [3.05, 3.63) is 0 Å². The van der Waals surface area contributed by atoms with Crippen LogP contribution >= 0.6 is 0 Å². The Morgan fingerprint density at radius 1 is 1.20 bits per heavy atom. The van der Waals surface area contributed by atoms with Gasteiger partial charge in [0.25, 0.3) is 0 Å². The quantitative estimate of drug-likeness (QED) is 0.832. The van der Waals surface area contributed by atoms with Crippen LogP contribution in [0.25, 0.3) is 0 Å². The molecule has 114 valence electrons. The lowest BCUT2D eigenvalue weighted by Crippen LogP contribution is -2.60. The summed E-state index contributed by atoms with van der Waals surface area (Å²) in [5.74, 6) is -0.902. The molecular formula is C15H26N2O3.